The number of hydrogen-bond donors (Lipinski definition) is 2. The molecule has 1 fully saturated rings. The number of methoxy groups -OCH3 is 1. The normalized spacial score (nSPS) is 13.7. The molecule has 0 spiro atoms. The Labute approximate surface area is 169 Å². The number of carbonyl (C=O) groups excluding carboxylic acids is 1. The van der Waals surface area contributed by atoms with Crippen molar-refractivity contribution in [2.24, 2.45) is 0 Å². The van der Waals surface area contributed by atoms with Crippen LogP contribution in [0.5, 0.6) is 5.75 Å². The zero-order chi connectivity index (χ0) is 20.2. The maximum atomic E-state index is 12.4. The summed E-state index contributed by atoms with van der Waals surface area (Å²) in [6.45, 7) is 4.95. The van der Waals surface area contributed by atoms with Crippen molar-refractivity contribution in [1.29, 1.82) is 0 Å². The highest BCUT2D eigenvalue weighted by atomic mass is 16.5. The zero-order valence-corrected chi connectivity index (χ0v) is 16.7. The van der Waals surface area contributed by atoms with Crippen molar-refractivity contribution >= 4 is 28.5 Å². The number of carbonyl (C=O) groups is 1. The van der Waals surface area contributed by atoms with Crippen LogP contribution < -0.4 is 20.3 Å². The minimum Gasteiger partial charge on any atom is -0.493 e. The van der Waals surface area contributed by atoms with Crippen molar-refractivity contribution < 1.29 is 13.9 Å². The van der Waals surface area contributed by atoms with Crippen LogP contribution in [0.1, 0.15) is 29.2 Å². The van der Waals surface area contributed by atoms with Gasteiger partial charge in [-0.05, 0) is 31.9 Å². The van der Waals surface area contributed by atoms with E-state index in [0.29, 0.717) is 24.4 Å². The molecule has 0 unspecified atom stereocenters. The number of benzene rings is 1. The second-order valence-electron chi connectivity index (χ2n) is 7.02. The summed E-state index contributed by atoms with van der Waals surface area (Å²) in [5.41, 5.74) is 0.573. The molecule has 0 atom stereocenters. The Hall–Kier alpha value is -3.29. The molecule has 3 aromatic rings. The molecule has 8 heteroatoms. The Bertz CT molecular complexity index is 1010. The van der Waals surface area contributed by atoms with E-state index in [1.54, 1.807) is 19.2 Å². The number of hydrogen-bond acceptors (Lipinski definition) is 7. The predicted octanol–water partition coefficient (Wildman–Crippen LogP) is 2.98. The zero-order valence-electron chi connectivity index (χ0n) is 16.7. The number of rotatable bonds is 7. The summed E-state index contributed by atoms with van der Waals surface area (Å²) in [6, 6.07) is 9.23. The van der Waals surface area contributed by atoms with Crippen LogP contribution in [0.15, 0.2) is 34.7 Å². The third-order valence-corrected chi connectivity index (χ3v) is 4.92. The molecule has 2 aromatic heterocycles. The molecule has 29 heavy (non-hydrogen) atoms. The molecule has 2 N–H and O–H groups in total. The summed E-state index contributed by atoms with van der Waals surface area (Å²) in [6.07, 6.45) is 2.40. The molecule has 1 saturated heterocycles. The van der Waals surface area contributed by atoms with E-state index in [4.69, 9.17) is 9.15 Å². The van der Waals surface area contributed by atoms with Gasteiger partial charge in [-0.1, -0.05) is 12.1 Å². The fourth-order valence-electron chi connectivity index (χ4n) is 3.51. The van der Waals surface area contributed by atoms with Crippen molar-refractivity contribution in [3.8, 4) is 5.75 Å². The lowest BCUT2D eigenvalue weighted by Gasteiger charge is -2.17. The highest BCUT2D eigenvalue weighted by Crippen LogP contribution is 2.28. The van der Waals surface area contributed by atoms with Crippen molar-refractivity contribution in [3.63, 3.8) is 0 Å². The summed E-state index contributed by atoms with van der Waals surface area (Å²) >= 11 is 0. The minimum absolute atomic E-state index is 0.262. The Balaban J connectivity index is 1.33. The van der Waals surface area contributed by atoms with Gasteiger partial charge in [0.05, 0.1) is 7.11 Å². The van der Waals surface area contributed by atoms with Gasteiger partial charge in [-0.3, -0.25) is 4.79 Å². The molecule has 8 nitrogen and oxygen atoms in total. The molecular formula is C21H25N5O3. The maximum absolute atomic E-state index is 12.4. The molecule has 1 aliphatic heterocycles. The van der Waals surface area contributed by atoms with Crippen LogP contribution in [0, 0.1) is 6.92 Å². The summed E-state index contributed by atoms with van der Waals surface area (Å²) in [7, 11) is 1.58. The van der Waals surface area contributed by atoms with Crippen LogP contribution in [0.4, 0.5) is 11.6 Å². The SMILES string of the molecule is COc1cccc2cc(C(=O)NCCNc3cc(N4CCCC4)nc(C)n3)oc12. The van der Waals surface area contributed by atoms with Gasteiger partial charge in [0.1, 0.15) is 17.5 Å². The first kappa shape index (κ1) is 19.0. The fraction of sp³-hybridized carbons (Fsp3) is 0.381. The third kappa shape index (κ3) is 4.26. The third-order valence-electron chi connectivity index (χ3n) is 4.92. The van der Waals surface area contributed by atoms with Crippen molar-refractivity contribution in [1.82, 2.24) is 15.3 Å². The van der Waals surface area contributed by atoms with Gasteiger partial charge in [0, 0.05) is 37.6 Å². The second-order valence-corrected chi connectivity index (χ2v) is 7.02. The van der Waals surface area contributed by atoms with Crippen LogP contribution in [-0.4, -0.2) is 49.2 Å². The van der Waals surface area contributed by atoms with Gasteiger partial charge in [-0.25, -0.2) is 9.97 Å². The van der Waals surface area contributed by atoms with E-state index in [0.717, 1.165) is 35.9 Å². The van der Waals surface area contributed by atoms with Gasteiger partial charge in [-0.2, -0.15) is 0 Å². The van der Waals surface area contributed by atoms with Crippen LogP contribution in [-0.2, 0) is 0 Å². The first-order valence-electron chi connectivity index (χ1n) is 9.83. The molecular weight excluding hydrogens is 370 g/mol. The van der Waals surface area contributed by atoms with Gasteiger partial charge in [-0.15, -0.1) is 0 Å². The van der Waals surface area contributed by atoms with Gasteiger partial charge >= 0.3 is 0 Å². The van der Waals surface area contributed by atoms with Crippen LogP contribution in [0.25, 0.3) is 11.0 Å². The lowest BCUT2D eigenvalue weighted by Crippen LogP contribution is -2.28. The van der Waals surface area contributed by atoms with E-state index >= 15 is 0 Å². The van der Waals surface area contributed by atoms with E-state index in [2.05, 4.69) is 25.5 Å². The van der Waals surface area contributed by atoms with Crippen LogP contribution in [0.3, 0.4) is 0 Å². The topological polar surface area (TPSA) is 92.5 Å². The highest BCUT2D eigenvalue weighted by molar-refractivity contribution is 5.97. The summed E-state index contributed by atoms with van der Waals surface area (Å²) in [5.74, 6) is 3.06. The standard InChI is InChI=1S/C21H25N5O3/c1-14-24-18(13-19(25-14)26-10-3-4-11-26)22-8-9-23-21(27)17-12-15-6-5-7-16(28-2)20(15)29-17/h5-7,12-13H,3-4,8-11H2,1-2H3,(H,23,27)(H,22,24,25). The van der Waals surface area contributed by atoms with E-state index in [1.807, 2.05) is 25.1 Å². The molecule has 1 aliphatic rings. The first-order chi connectivity index (χ1) is 14.1. The monoisotopic (exact) mass is 395 g/mol. The van der Waals surface area contributed by atoms with Crippen LogP contribution in [0.2, 0.25) is 0 Å². The Morgan fingerprint density at radius 2 is 2.03 bits per heavy atom. The molecule has 3 heterocycles. The number of nitrogens with zero attached hydrogens (tertiary/aromatic N) is 3. The molecule has 0 bridgehead atoms. The van der Waals surface area contributed by atoms with Crippen LogP contribution >= 0.6 is 0 Å². The Morgan fingerprint density at radius 3 is 2.83 bits per heavy atom. The molecule has 152 valence electrons. The van der Waals surface area contributed by atoms with E-state index in [9.17, 15) is 4.79 Å². The molecule has 0 aliphatic carbocycles. The first-order valence-corrected chi connectivity index (χ1v) is 9.83. The average Bonchev–Trinajstić information content (AvgIpc) is 3.40. The fourth-order valence-corrected chi connectivity index (χ4v) is 3.51. The minimum atomic E-state index is -0.262. The molecule has 1 aromatic carbocycles. The highest BCUT2D eigenvalue weighted by Gasteiger charge is 2.16. The van der Waals surface area contributed by atoms with Gasteiger partial charge < -0.3 is 24.7 Å². The number of aromatic nitrogens is 2. The summed E-state index contributed by atoms with van der Waals surface area (Å²) < 4.78 is 10.9. The summed E-state index contributed by atoms with van der Waals surface area (Å²) in [5, 5.41) is 6.95. The van der Waals surface area contributed by atoms with Crippen molar-refractivity contribution in [2.75, 3.05) is 43.5 Å². The Kier molecular flexibility index (Phi) is 5.50. The predicted molar refractivity (Wildman–Crippen MR) is 112 cm³/mol. The smallest absolute Gasteiger partial charge is 0.287 e. The number of fused-ring (bicyclic) bond motifs is 1. The maximum Gasteiger partial charge on any atom is 0.287 e. The Morgan fingerprint density at radius 1 is 1.21 bits per heavy atom. The number of anilines is 2. The van der Waals surface area contributed by atoms with Gasteiger partial charge in [0.25, 0.3) is 5.91 Å². The van der Waals surface area contributed by atoms with E-state index < -0.39 is 0 Å². The van der Waals surface area contributed by atoms with Gasteiger partial charge in [0.15, 0.2) is 17.1 Å². The van der Waals surface area contributed by atoms with E-state index in [1.165, 1.54) is 12.8 Å². The number of furan rings is 1. The average molecular weight is 395 g/mol. The number of ether oxygens (including phenoxy) is 1. The molecule has 1 amide bonds. The molecule has 0 saturated carbocycles. The lowest BCUT2D eigenvalue weighted by molar-refractivity contribution is 0.0929. The lowest BCUT2D eigenvalue weighted by atomic mass is 10.2. The number of aryl methyl sites for hydroxylation is 1. The largest absolute Gasteiger partial charge is 0.493 e. The number of para-hydroxylation sites is 1. The number of amides is 1. The summed E-state index contributed by atoms with van der Waals surface area (Å²) in [4.78, 5) is 23.6. The second kappa shape index (κ2) is 8.38. The molecule has 0 radical (unpaired) electrons. The van der Waals surface area contributed by atoms with Gasteiger partial charge in [0.2, 0.25) is 0 Å². The number of nitrogens with one attached hydrogen (secondary N) is 2. The quantitative estimate of drug-likeness (QED) is 0.594. The molecule has 4 rings (SSSR count). The van der Waals surface area contributed by atoms with E-state index in [-0.39, 0.29) is 11.7 Å². The van der Waals surface area contributed by atoms with Crippen molar-refractivity contribution in [2.45, 2.75) is 19.8 Å². The van der Waals surface area contributed by atoms with Crippen molar-refractivity contribution in [3.05, 3.63) is 41.9 Å².